The molecule has 5 heteroatoms. The number of thiophene rings is 1. The lowest BCUT2D eigenvalue weighted by atomic mass is 9.96. The lowest BCUT2D eigenvalue weighted by Crippen LogP contribution is -2.40. The molecule has 0 aliphatic carbocycles. The van der Waals surface area contributed by atoms with Crippen LogP contribution in [0.4, 0.5) is 0 Å². The van der Waals surface area contributed by atoms with Gasteiger partial charge >= 0.3 is 5.97 Å². The minimum atomic E-state index is -0.651. The molecule has 2 atom stereocenters. The van der Waals surface area contributed by atoms with Crippen molar-refractivity contribution in [3.05, 3.63) is 20.8 Å². The molecule has 2 unspecified atom stereocenters. The third-order valence-electron chi connectivity index (χ3n) is 3.55. The molecule has 1 aliphatic heterocycles. The van der Waals surface area contributed by atoms with Crippen molar-refractivity contribution >= 4 is 33.2 Å². The second kappa shape index (κ2) is 6.17. The number of likely N-dealkylation sites (tertiary alicyclic amines) is 1. The van der Waals surface area contributed by atoms with Gasteiger partial charge in [0.1, 0.15) is 0 Å². The van der Waals surface area contributed by atoms with Gasteiger partial charge in [0, 0.05) is 17.5 Å². The van der Waals surface area contributed by atoms with Gasteiger partial charge in [0.05, 0.1) is 9.70 Å². The van der Waals surface area contributed by atoms with Crippen LogP contribution < -0.4 is 0 Å². The first-order valence-electron chi connectivity index (χ1n) is 6.34. The van der Waals surface area contributed by atoms with E-state index in [2.05, 4.69) is 39.9 Å². The van der Waals surface area contributed by atoms with Gasteiger partial charge in [-0.15, -0.1) is 11.3 Å². The van der Waals surface area contributed by atoms with Crippen LogP contribution in [-0.2, 0) is 4.79 Å². The van der Waals surface area contributed by atoms with Crippen molar-refractivity contribution in [3.63, 3.8) is 0 Å². The molecule has 0 saturated carbocycles. The van der Waals surface area contributed by atoms with Gasteiger partial charge in [-0.1, -0.05) is 6.92 Å². The Balaban J connectivity index is 2.10. The van der Waals surface area contributed by atoms with Crippen LogP contribution in [0.25, 0.3) is 0 Å². The molecule has 0 amide bonds. The Hall–Kier alpha value is -0.390. The maximum absolute atomic E-state index is 11.1. The Bertz CT molecular complexity index is 421. The summed E-state index contributed by atoms with van der Waals surface area (Å²) >= 11 is 5.25. The first-order chi connectivity index (χ1) is 8.61. The zero-order valence-corrected chi connectivity index (χ0v) is 12.8. The van der Waals surface area contributed by atoms with Crippen molar-refractivity contribution in [1.82, 2.24) is 4.90 Å². The van der Waals surface area contributed by atoms with E-state index in [0.717, 1.165) is 29.6 Å². The van der Waals surface area contributed by atoms with Gasteiger partial charge in [0.2, 0.25) is 0 Å². The van der Waals surface area contributed by atoms with E-state index in [1.807, 2.05) is 0 Å². The third-order valence-corrected chi connectivity index (χ3v) is 5.28. The van der Waals surface area contributed by atoms with Gasteiger partial charge in [-0.2, -0.15) is 0 Å². The summed E-state index contributed by atoms with van der Waals surface area (Å²) in [7, 11) is 0. The Morgan fingerprint density at radius 2 is 2.44 bits per heavy atom. The van der Waals surface area contributed by atoms with Gasteiger partial charge < -0.3 is 5.11 Å². The summed E-state index contributed by atoms with van der Waals surface area (Å²) in [6.45, 7) is 3.86. The van der Waals surface area contributed by atoms with Crippen LogP contribution >= 0.6 is 27.3 Å². The molecule has 1 aromatic heterocycles. The summed E-state index contributed by atoms with van der Waals surface area (Å²) in [4.78, 5) is 14.8. The van der Waals surface area contributed by atoms with E-state index in [-0.39, 0.29) is 5.92 Å². The van der Waals surface area contributed by atoms with E-state index in [4.69, 9.17) is 5.11 Å². The topological polar surface area (TPSA) is 40.5 Å². The number of nitrogens with zero attached hydrogens (tertiary/aromatic N) is 1. The normalized spacial score (nSPS) is 22.9. The van der Waals surface area contributed by atoms with Crippen molar-refractivity contribution in [2.24, 2.45) is 5.92 Å². The molecule has 18 heavy (non-hydrogen) atoms. The molecule has 0 spiro atoms. The summed E-state index contributed by atoms with van der Waals surface area (Å²) in [5, 5.41) is 9.15. The van der Waals surface area contributed by atoms with E-state index < -0.39 is 5.97 Å². The minimum absolute atomic E-state index is 0.198. The predicted molar refractivity (Wildman–Crippen MR) is 77.0 cm³/mol. The number of rotatable bonds is 4. The monoisotopic (exact) mass is 331 g/mol. The van der Waals surface area contributed by atoms with Crippen LogP contribution in [0.2, 0.25) is 0 Å². The average molecular weight is 332 g/mol. The molecule has 1 N–H and O–H groups in total. The quantitative estimate of drug-likeness (QED) is 0.913. The summed E-state index contributed by atoms with van der Waals surface area (Å²) in [6, 6.07) is 4.58. The number of aliphatic carboxylic acids is 1. The molecule has 3 nitrogen and oxygen atoms in total. The molecule has 2 heterocycles. The molecule has 1 fully saturated rings. The van der Waals surface area contributed by atoms with Gasteiger partial charge in [-0.25, -0.2) is 0 Å². The summed E-state index contributed by atoms with van der Waals surface area (Å²) < 4.78 is 1.14. The van der Waals surface area contributed by atoms with E-state index in [0.29, 0.717) is 12.6 Å². The molecule has 0 radical (unpaired) electrons. The predicted octanol–water partition coefficient (Wildman–Crippen LogP) is 3.76. The maximum Gasteiger partial charge on any atom is 0.307 e. The van der Waals surface area contributed by atoms with Gasteiger partial charge in [-0.3, -0.25) is 9.69 Å². The smallest absolute Gasteiger partial charge is 0.307 e. The van der Waals surface area contributed by atoms with Crippen LogP contribution in [0.5, 0.6) is 0 Å². The van der Waals surface area contributed by atoms with E-state index in [1.54, 1.807) is 11.3 Å². The lowest BCUT2D eigenvalue weighted by molar-refractivity contribution is -0.144. The van der Waals surface area contributed by atoms with Gasteiger partial charge in [0.25, 0.3) is 0 Å². The van der Waals surface area contributed by atoms with Crippen LogP contribution in [0.3, 0.4) is 0 Å². The van der Waals surface area contributed by atoms with Crippen molar-refractivity contribution in [2.75, 3.05) is 13.1 Å². The number of carbonyl (C=O) groups is 1. The highest BCUT2D eigenvalue weighted by Gasteiger charge is 2.30. The first-order valence-corrected chi connectivity index (χ1v) is 7.94. The number of halogens is 1. The number of hydrogen-bond donors (Lipinski definition) is 1. The highest BCUT2D eigenvalue weighted by molar-refractivity contribution is 9.11. The molecule has 1 aromatic rings. The van der Waals surface area contributed by atoms with E-state index in [9.17, 15) is 4.79 Å². The van der Waals surface area contributed by atoms with Gasteiger partial charge in [-0.05, 0) is 53.9 Å². The Morgan fingerprint density at radius 3 is 3.00 bits per heavy atom. The Labute approximate surface area is 120 Å². The number of carboxylic acids is 1. The second-order valence-corrected chi connectivity index (χ2v) is 7.23. The maximum atomic E-state index is 11.1. The molecule has 2 rings (SSSR count). The van der Waals surface area contributed by atoms with Crippen LogP contribution in [0, 0.1) is 5.92 Å². The average Bonchev–Trinajstić information content (AvgIpc) is 2.77. The Kier molecular flexibility index (Phi) is 4.81. The SMILES string of the molecule is CCC(c1ccc(Br)s1)N1CCCC(C(=O)O)C1. The molecular formula is C13H18BrNO2S. The largest absolute Gasteiger partial charge is 0.481 e. The minimum Gasteiger partial charge on any atom is -0.481 e. The number of hydrogen-bond acceptors (Lipinski definition) is 3. The third kappa shape index (κ3) is 3.13. The van der Waals surface area contributed by atoms with Gasteiger partial charge in [0.15, 0.2) is 0 Å². The second-order valence-electron chi connectivity index (χ2n) is 4.74. The standard InChI is InChI=1S/C13H18BrNO2S/c1-2-10(11-5-6-12(14)18-11)15-7-3-4-9(8-15)13(16)17/h5-6,9-10H,2-4,7-8H2,1H3,(H,16,17). The van der Waals surface area contributed by atoms with E-state index >= 15 is 0 Å². The fourth-order valence-electron chi connectivity index (χ4n) is 2.64. The highest BCUT2D eigenvalue weighted by Crippen LogP contribution is 2.35. The molecule has 0 aromatic carbocycles. The summed E-state index contributed by atoms with van der Waals surface area (Å²) in [6.07, 6.45) is 2.83. The van der Waals surface area contributed by atoms with Crippen molar-refractivity contribution in [1.29, 1.82) is 0 Å². The van der Waals surface area contributed by atoms with E-state index in [1.165, 1.54) is 4.88 Å². The number of piperidine rings is 1. The van der Waals surface area contributed by atoms with Crippen LogP contribution in [0.15, 0.2) is 15.9 Å². The highest BCUT2D eigenvalue weighted by atomic mass is 79.9. The lowest BCUT2D eigenvalue weighted by Gasteiger charge is -2.36. The fourth-order valence-corrected chi connectivity index (χ4v) is 4.28. The van der Waals surface area contributed by atoms with Crippen LogP contribution in [-0.4, -0.2) is 29.1 Å². The fraction of sp³-hybridized carbons (Fsp3) is 0.615. The Morgan fingerprint density at radius 1 is 1.67 bits per heavy atom. The van der Waals surface area contributed by atoms with Crippen molar-refractivity contribution in [2.45, 2.75) is 32.2 Å². The zero-order chi connectivity index (χ0) is 13.1. The molecule has 0 bridgehead atoms. The summed E-state index contributed by atoms with van der Waals surface area (Å²) in [5.41, 5.74) is 0. The molecule has 1 aliphatic rings. The number of carboxylic acid groups (broad SMARTS) is 1. The molecule has 100 valence electrons. The van der Waals surface area contributed by atoms with Crippen molar-refractivity contribution in [3.8, 4) is 0 Å². The molecule has 1 saturated heterocycles. The first kappa shape index (κ1) is 14.0. The van der Waals surface area contributed by atoms with Crippen molar-refractivity contribution < 1.29 is 9.90 Å². The molecular weight excluding hydrogens is 314 g/mol. The van der Waals surface area contributed by atoms with Crippen LogP contribution in [0.1, 0.15) is 37.1 Å². The zero-order valence-electron chi connectivity index (χ0n) is 10.4. The summed E-state index contributed by atoms with van der Waals surface area (Å²) in [5.74, 6) is -0.849.